The highest BCUT2D eigenvalue weighted by Crippen LogP contribution is 2.16. The first kappa shape index (κ1) is 13.1. The molecule has 0 unspecified atom stereocenters. The molecule has 0 saturated carbocycles. The highest BCUT2D eigenvalue weighted by molar-refractivity contribution is 7.13. The summed E-state index contributed by atoms with van der Waals surface area (Å²) in [5.41, 5.74) is 0.810. The number of imidazole rings is 1. The van der Waals surface area contributed by atoms with Gasteiger partial charge in [-0.25, -0.2) is 14.5 Å². The van der Waals surface area contributed by atoms with E-state index in [1.807, 2.05) is 6.92 Å². The number of thiazole rings is 1. The van der Waals surface area contributed by atoms with Crippen molar-refractivity contribution in [2.24, 2.45) is 0 Å². The fourth-order valence-corrected chi connectivity index (χ4v) is 2.22. The Morgan fingerprint density at radius 2 is 2.32 bits per heavy atom. The van der Waals surface area contributed by atoms with E-state index in [1.165, 1.54) is 15.9 Å². The predicted octanol–water partition coefficient (Wildman–Crippen LogP) is 1.50. The topological polar surface area (TPSA) is 103 Å². The third-order valence-electron chi connectivity index (χ3n) is 2.39. The van der Waals surface area contributed by atoms with Crippen LogP contribution in [0.1, 0.15) is 11.5 Å². The number of aryl methyl sites for hydroxylation is 2. The summed E-state index contributed by atoms with van der Waals surface area (Å²) in [6.45, 7) is 3.26. The SMILES string of the molecule is Cc1csc(NC(=O)Cn2c([N+](=O)[O-])cnc2C)n1. The van der Waals surface area contributed by atoms with Gasteiger partial charge in [0, 0.05) is 12.3 Å². The molecule has 2 heterocycles. The molecule has 2 rings (SSSR count). The van der Waals surface area contributed by atoms with Gasteiger partial charge in [-0.15, -0.1) is 11.3 Å². The van der Waals surface area contributed by atoms with Crippen molar-refractivity contribution >= 4 is 28.2 Å². The fourth-order valence-electron chi connectivity index (χ4n) is 1.51. The smallest absolute Gasteiger partial charge is 0.343 e. The van der Waals surface area contributed by atoms with Gasteiger partial charge in [0.05, 0.1) is 5.69 Å². The molecule has 1 N–H and O–H groups in total. The Morgan fingerprint density at radius 1 is 1.58 bits per heavy atom. The van der Waals surface area contributed by atoms with E-state index >= 15 is 0 Å². The van der Waals surface area contributed by atoms with Gasteiger partial charge in [-0.2, -0.15) is 0 Å². The minimum atomic E-state index is -0.569. The summed E-state index contributed by atoms with van der Waals surface area (Å²) in [6, 6.07) is 0. The molecule has 0 aliphatic carbocycles. The number of amides is 1. The van der Waals surface area contributed by atoms with Crippen LogP contribution in [0, 0.1) is 24.0 Å². The van der Waals surface area contributed by atoms with E-state index in [9.17, 15) is 14.9 Å². The number of anilines is 1. The van der Waals surface area contributed by atoms with Gasteiger partial charge >= 0.3 is 5.82 Å². The molecule has 8 nitrogen and oxygen atoms in total. The normalized spacial score (nSPS) is 10.4. The first-order chi connectivity index (χ1) is 8.97. The van der Waals surface area contributed by atoms with Crippen LogP contribution in [0.25, 0.3) is 0 Å². The number of hydrogen-bond donors (Lipinski definition) is 1. The van der Waals surface area contributed by atoms with Crippen LogP contribution in [0.3, 0.4) is 0 Å². The van der Waals surface area contributed by atoms with E-state index < -0.39 is 4.92 Å². The van der Waals surface area contributed by atoms with Crippen LogP contribution in [0.4, 0.5) is 10.9 Å². The van der Waals surface area contributed by atoms with Crippen molar-refractivity contribution in [3.8, 4) is 0 Å². The van der Waals surface area contributed by atoms with Crippen molar-refractivity contribution in [1.29, 1.82) is 0 Å². The number of carbonyl (C=O) groups is 1. The van der Waals surface area contributed by atoms with Crippen LogP contribution in [0.2, 0.25) is 0 Å². The van der Waals surface area contributed by atoms with E-state index in [-0.39, 0.29) is 18.3 Å². The molecule has 0 aliphatic heterocycles. The van der Waals surface area contributed by atoms with Gasteiger partial charge in [-0.3, -0.25) is 10.1 Å². The number of nitrogens with zero attached hydrogens (tertiary/aromatic N) is 4. The quantitative estimate of drug-likeness (QED) is 0.675. The van der Waals surface area contributed by atoms with Crippen LogP contribution in [0.5, 0.6) is 0 Å². The van der Waals surface area contributed by atoms with E-state index in [4.69, 9.17) is 0 Å². The fraction of sp³-hybridized carbons (Fsp3) is 0.300. The average molecular weight is 281 g/mol. The summed E-state index contributed by atoms with van der Waals surface area (Å²) < 4.78 is 1.25. The number of carbonyl (C=O) groups excluding carboxylic acids is 1. The van der Waals surface area contributed by atoms with Crippen molar-refractivity contribution in [2.75, 3.05) is 5.32 Å². The van der Waals surface area contributed by atoms with Crippen LogP contribution in [0.15, 0.2) is 11.6 Å². The standard InChI is InChI=1S/C10H11N5O3S/c1-6-5-19-10(12-6)13-8(16)4-14-7(2)11-3-9(14)15(17)18/h3,5H,4H2,1-2H3,(H,12,13,16). The lowest BCUT2D eigenvalue weighted by atomic mass is 10.5. The minimum absolute atomic E-state index is 0.166. The van der Waals surface area contributed by atoms with Crippen molar-refractivity contribution < 1.29 is 9.72 Å². The summed E-state index contributed by atoms with van der Waals surface area (Å²) in [4.78, 5) is 29.9. The molecule has 2 aromatic heterocycles. The summed E-state index contributed by atoms with van der Waals surface area (Å²) in [6.07, 6.45) is 1.14. The lowest BCUT2D eigenvalue weighted by molar-refractivity contribution is -0.392. The largest absolute Gasteiger partial charge is 0.358 e. The molecule has 0 aromatic carbocycles. The Morgan fingerprint density at radius 3 is 2.89 bits per heavy atom. The van der Waals surface area contributed by atoms with Gasteiger partial charge in [0.25, 0.3) is 5.91 Å². The lowest BCUT2D eigenvalue weighted by Crippen LogP contribution is -2.20. The van der Waals surface area contributed by atoms with Crippen LogP contribution in [-0.2, 0) is 11.3 Å². The number of nitrogens with one attached hydrogen (secondary N) is 1. The molecule has 2 aromatic rings. The summed E-state index contributed by atoms with van der Waals surface area (Å²) >= 11 is 1.30. The van der Waals surface area contributed by atoms with Crippen LogP contribution < -0.4 is 5.32 Å². The maximum Gasteiger partial charge on any atom is 0.343 e. The molecule has 0 aliphatic rings. The molecule has 0 saturated heterocycles. The molecular weight excluding hydrogens is 270 g/mol. The van der Waals surface area contributed by atoms with Gasteiger partial charge in [0.15, 0.2) is 17.5 Å². The zero-order valence-corrected chi connectivity index (χ0v) is 11.1. The van der Waals surface area contributed by atoms with E-state index in [2.05, 4.69) is 15.3 Å². The Bertz CT molecular complexity index is 633. The maximum atomic E-state index is 11.8. The first-order valence-electron chi connectivity index (χ1n) is 5.36. The summed E-state index contributed by atoms with van der Waals surface area (Å²) in [5, 5.41) is 15.7. The summed E-state index contributed by atoms with van der Waals surface area (Å²) in [5.74, 6) is -0.168. The van der Waals surface area contributed by atoms with Gasteiger partial charge in [0.1, 0.15) is 6.20 Å². The van der Waals surface area contributed by atoms with Crippen molar-refractivity contribution in [1.82, 2.24) is 14.5 Å². The Labute approximate surface area is 112 Å². The molecule has 9 heteroatoms. The second-order valence-corrected chi connectivity index (χ2v) is 4.71. The minimum Gasteiger partial charge on any atom is -0.358 e. The molecule has 0 radical (unpaired) electrons. The number of hydrogen-bond acceptors (Lipinski definition) is 6. The van der Waals surface area contributed by atoms with E-state index in [0.717, 1.165) is 11.9 Å². The third kappa shape index (κ3) is 2.94. The highest BCUT2D eigenvalue weighted by atomic mass is 32.1. The van der Waals surface area contributed by atoms with Crippen molar-refractivity contribution in [2.45, 2.75) is 20.4 Å². The first-order valence-corrected chi connectivity index (χ1v) is 6.24. The van der Waals surface area contributed by atoms with Gasteiger partial charge in [0.2, 0.25) is 0 Å². The van der Waals surface area contributed by atoms with Crippen molar-refractivity contribution in [3.63, 3.8) is 0 Å². The molecule has 0 atom stereocenters. The number of nitro groups is 1. The van der Waals surface area contributed by atoms with Gasteiger partial charge in [-0.1, -0.05) is 0 Å². The molecule has 19 heavy (non-hydrogen) atoms. The molecule has 0 spiro atoms. The predicted molar refractivity (Wildman–Crippen MR) is 69.1 cm³/mol. The van der Waals surface area contributed by atoms with Gasteiger partial charge < -0.3 is 10.1 Å². The Balaban J connectivity index is 2.11. The van der Waals surface area contributed by atoms with Crippen molar-refractivity contribution in [3.05, 3.63) is 33.2 Å². The Hall–Kier alpha value is -2.29. The third-order valence-corrected chi connectivity index (χ3v) is 3.26. The Kier molecular flexibility index (Phi) is 3.56. The maximum absolute atomic E-state index is 11.8. The monoisotopic (exact) mass is 281 g/mol. The highest BCUT2D eigenvalue weighted by Gasteiger charge is 2.20. The molecule has 100 valence electrons. The molecule has 0 bridgehead atoms. The molecule has 1 amide bonds. The zero-order valence-electron chi connectivity index (χ0n) is 10.3. The lowest BCUT2D eigenvalue weighted by Gasteiger charge is -2.02. The second kappa shape index (κ2) is 5.14. The van der Waals surface area contributed by atoms with Gasteiger partial charge in [-0.05, 0) is 11.8 Å². The average Bonchev–Trinajstić information content (AvgIpc) is 2.87. The number of rotatable bonds is 4. The van der Waals surface area contributed by atoms with E-state index in [0.29, 0.717) is 11.0 Å². The number of aromatic nitrogens is 3. The van der Waals surface area contributed by atoms with E-state index in [1.54, 1.807) is 12.3 Å². The second-order valence-electron chi connectivity index (χ2n) is 3.85. The summed E-state index contributed by atoms with van der Waals surface area (Å²) in [7, 11) is 0. The van der Waals surface area contributed by atoms with Crippen LogP contribution >= 0.6 is 11.3 Å². The van der Waals surface area contributed by atoms with Crippen LogP contribution in [-0.4, -0.2) is 25.4 Å². The molecule has 0 fully saturated rings. The molecular formula is C10H11N5O3S. The zero-order chi connectivity index (χ0) is 14.0.